The predicted molar refractivity (Wildman–Crippen MR) is 105 cm³/mol. The van der Waals surface area contributed by atoms with Gasteiger partial charge in [0.2, 0.25) is 0 Å². The second kappa shape index (κ2) is 7.43. The van der Waals surface area contributed by atoms with Crippen molar-refractivity contribution in [2.24, 2.45) is 0 Å². The van der Waals surface area contributed by atoms with Crippen molar-refractivity contribution in [3.63, 3.8) is 0 Å². The quantitative estimate of drug-likeness (QED) is 0.727. The van der Waals surface area contributed by atoms with Crippen LogP contribution in [0.3, 0.4) is 0 Å². The molecule has 1 amide bonds. The first-order chi connectivity index (χ1) is 13.0. The van der Waals surface area contributed by atoms with Gasteiger partial charge in [-0.05, 0) is 30.3 Å². The third-order valence-corrected chi connectivity index (χ3v) is 5.82. The molecular formula is C18H17Cl3N4O2. The van der Waals surface area contributed by atoms with Crippen LogP contribution >= 0.6 is 34.8 Å². The molecule has 4 rings (SSSR count). The summed E-state index contributed by atoms with van der Waals surface area (Å²) < 4.78 is 6.06. The van der Waals surface area contributed by atoms with E-state index in [4.69, 9.17) is 39.5 Å². The lowest BCUT2D eigenvalue weighted by atomic mass is 9.98. The summed E-state index contributed by atoms with van der Waals surface area (Å²) in [6.07, 6.45) is 1.35. The highest BCUT2D eigenvalue weighted by molar-refractivity contribution is 6.36. The Bertz CT molecular complexity index is 854. The third-order valence-electron chi connectivity index (χ3n) is 5.07. The molecule has 9 heteroatoms. The van der Waals surface area contributed by atoms with Crippen LogP contribution < -0.4 is 4.90 Å². The molecule has 1 spiro atoms. The van der Waals surface area contributed by atoms with Crippen LogP contribution in [0, 0.1) is 0 Å². The molecule has 0 saturated carbocycles. The van der Waals surface area contributed by atoms with Gasteiger partial charge in [-0.3, -0.25) is 4.79 Å². The summed E-state index contributed by atoms with van der Waals surface area (Å²) in [6, 6.07) is 8.49. The van der Waals surface area contributed by atoms with Crippen molar-refractivity contribution < 1.29 is 9.53 Å². The first-order valence-corrected chi connectivity index (χ1v) is 9.77. The van der Waals surface area contributed by atoms with Gasteiger partial charge in [0.15, 0.2) is 11.0 Å². The summed E-state index contributed by atoms with van der Waals surface area (Å²) in [5.41, 5.74) is -0.173. The van der Waals surface area contributed by atoms with Gasteiger partial charge in [-0.25, -0.2) is 0 Å². The van der Waals surface area contributed by atoms with E-state index in [1.165, 1.54) is 0 Å². The van der Waals surface area contributed by atoms with Crippen LogP contribution in [0.1, 0.15) is 23.2 Å². The van der Waals surface area contributed by atoms with E-state index in [0.29, 0.717) is 59.8 Å². The molecule has 27 heavy (non-hydrogen) atoms. The van der Waals surface area contributed by atoms with Crippen molar-refractivity contribution in [3.8, 4) is 0 Å². The second-order valence-electron chi connectivity index (χ2n) is 6.58. The van der Waals surface area contributed by atoms with E-state index in [9.17, 15) is 4.79 Å². The normalized spacial score (nSPS) is 18.9. The lowest BCUT2D eigenvalue weighted by Crippen LogP contribution is -2.55. The number of nitrogens with zero attached hydrogens (tertiary/aromatic N) is 4. The molecule has 3 heterocycles. The molecule has 1 aromatic carbocycles. The molecule has 0 aliphatic carbocycles. The van der Waals surface area contributed by atoms with E-state index < -0.39 is 5.72 Å². The topological polar surface area (TPSA) is 58.6 Å². The monoisotopic (exact) mass is 426 g/mol. The Morgan fingerprint density at radius 1 is 1.04 bits per heavy atom. The number of aromatic nitrogens is 2. The number of ether oxygens (including phenoxy) is 1. The maximum Gasteiger partial charge on any atom is 0.257 e. The van der Waals surface area contributed by atoms with Gasteiger partial charge in [0, 0.05) is 37.5 Å². The van der Waals surface area contributed by atoms with Crippen LogP contribution in [0.15, 0.2) is 30.3 Å². The minimum atomic E-state index is -0.615. The average Bonchev–Trinajstić information content (AvgIpc) is 3.06. The highest BCUT2D eigenvalue weighted by Crippen LogP contribution is 2.37. The summed E-state index contributed by atoms with van der Waals surface area (Å²) in [5.74, 6) is 0.639. The fraction of sp³-hybridized carbons (Fsp3) is 0.389. The van der Waals surface area contributed by atoms with E-state index in [-0.39, 0.29) is 5.91 Å². The number of halogens is 3. The number of carbonyl (C=O) groups is 1. The molecule has 6 nitrogen and oxygen atoms in total. The second-order valence-corrected chi connectivity index (χ2v) is 7.81. The lowest BCUT2D eigenvalue weighted by Gasteiger charge is -2.43. The molecule has 2 saturated heterocycles. The van der Waals surface area contributed by atoms with E-state index in [0.717, 1.165) is 5.82 Å². The SMILES string of the molecule is O=C(c1ccc(Cl)cc1Cl)N1CCOC12CCN(c1ccc(Cl)nn1)CC2. The van der Waals surface area contributed by atoms with Gasteiger partial charge in [0.1, 0.15) is 5.72 Å². The van der Waals surface area contributed by atoms with Gasteiger partial charge in [-0.2, -0.15) is 0 Å². The lowest BCUT2D eigenvalue weighted by molar-refractivity contribution is -0.0837. The van der Waals surface area contributed by atoms with Crippen molar-refractivity contribution in [1.82, 2.24) is 15.1 Å². The number of anilines is 1. The summed E-state index contributed by atoms with van der Waals surface area (Å²) in [7, 11) is 0. The maximum absolute atomic E-state index is 13.1. The molecular weight excluding hydrogens is 411 g/mol. The molecule has 2 aliphatic rings. The number of piperidine rings is 1. The minimum absolute atomic E-state index is 0.131. The Morgan fingerprint density at radius 2 is 1.81 bits per heavy atom. The Morgan fingerprint density at radius 3 is 2.48 bits per heavy atom. The fourth-order valence-electron chi connectivity index (χ4n) is 3.68. The molecule has 2 aliphatic heterocycles. The van der Waals surface area contributed by atoms with Gasteiger partial charge in [-0.1, -0.05) is 34.8 Å². The molecule has 0 N–H and O–H groups in total. The smallest absolute Gasteiger partial charge is 0.257 e. The predicted octanol–water partition coefficient (Wildman–Crippen LogP) is 3.91. The summed E-state index contributed by atoms with van der Waals surface area (Å²) >= 11 is 18.0. The van der Waals surface area contributed by atoms with Crippen molar-refractivity contribution in [2.75, 3.05) is 31.1 Å². The van der Waals surface area contributed by atoms with Crippen LogP contribution in [0.2, 0.25) is 15.2 Å². The molecule has 0 bridgehead atoms. The standard InChI is InChI=1S/C18H17Cl3N4O2/c19-12-1-2-13(14(20)11-12)17(26)25-9-10-27-18(25)5-7-24(8-6-18)16-4-3-15(21)22-23-16/h1-4,11H,5-10H2. The molecule has 2 fully saturated rings. The Labute approximate surface area is 172 Å². The van der Waals surface area contributed by atoms with Crippen LogP contribution in [0.5, 0.6) is 0 Å². The molecule has 2 aromatic rings. The zero-order chi connectivity index (χ0) is 19.0. The van der Waals surface area contributed by atoms with Gasteiger partial charge >= 0.3 is 0 Å². The fourth-order valence-corrected chi connectivity index (χ4v) is 4.27. The molecule has 0 atom stereocenters. The molecule has 0 unspecified atom stereocenters. The van der Waals surface area contributed by atoms with Crippen LogP contribution in [0.25, 0.3) is 0 Å². The number of hydrogen-bond acceptors (Lipinski definition) is 5. The van der Waals surface area contributed by atoms with Crippen molar-refractivity contribution in [2.45, 2.75) is 18.6 Å². The zero-order valence-electron chi connectivity index (χ0n) is 14.4. The maximum atomic E-state index is 13.1. The summed E-state index contributed by atoms with van der Waals surface area (Å²) in [5, 5.41) is 9.24. The number of rotatable bonds is 2. The van der Waals surface area contributed by atoms with Crippen LogP contribution in [-0.2, 0) is 4.74 Å². The van der Waals surface area contributed by atoms with Gasteiger partial charge in [0.05, 0.1) is 17.2 Å². The third kappa shape index (κ3) is 3.59. The zero-order valence-corrected chi connectivity index (χ0v) is 16.6. The minimum Gasteiger partial charge on any atom is -0.355 e. The summed E-state index contributed by atoms with van der Waals surface area (Å²) in [4.78, 5) is 17.0. The number of carbonyl (C=O) groups excluding carboxylic acids is 1. The Hall–Kier alpha value is -1.60. The first kappa shape index (κ1) is 18.7. The molecule has 1 aromatic heterocycles. The van der Waals surface area contributed by atoms with E-state index >= 15 is 0 Å². The number of hydrogen-bond donors (Lipinski definition) is 0. The van der Waals surface area contributed by atoms with Crippen LogP contribution in [-0.4, -0.2) is 53.0 Å². The Kier molecular flexibility index (Phi) is 5.16. The summed E-state index contributed by atoms with van der Waals surface area (Å²) in [6.45, 7) is 2.46. The highest BCUT2D eigenvalue weighted by atomic mass is 35.5. The van der Waals surface area contributed by atoms with Gasteiger partial charge in [0.25, 0.3) is 5.91 Å². The molecule has 142 valence electrons. The van der Waals surface area contributed by atoms with E-state index in [1.807, 2.05) is 6.07 Å². The number of benzene rings is 1. The van der Waals surface area contributed by atoms with Crippen LogP contribution in [0.4, 0.5) is 5.82 Å². The van der Waals surface area contributed by atoms with Crippen molar-refractivity contribution in [3.05, 3.63) is 51.1 Å². The average molecular weight is 428 g/mol. The van der Waals surface area contributed by atoms with Gasteiger partial charge in [-0.15, -0.1) is 10.2 Å². The largest absolute Gasteiger partial charge is 0.355 e. The first-order valence-electron chi connectivity index (χ1n) is 8.64. The number of amides is 1. The van der Waals surface area contributed by atoms with E-state index in [1.54, 1.807) is 29.2 Å². The van der Waals surface area contributed by atoms with Crippen molar-refractivity contribution >= 4 is 46.5 Å². The van der Waals surface area contributed by atoms with Crippen molar-refractivity contribution in [1.29, 1.82) is 0 Å². The highest BCUT2D eigenvalue weighted by Gasteiger charge is 2.47. The van der Waals surface area contributed by atoms with E-state index in [2.05, 4.69) is 15.1 Å². The molecule has 0 radical (unpaired) electrons. The Balaban J connectivity index is 1.51. The van der Waals surface area contributed by atoms with Gasteiger partial charge < -0.3 is 14.5 Å².